The average Bonchev–Trinajstić information content (AvgIpc) is 2.15. The molecule has 0 bridgehead atoms. The van der Waals surface area contributed by atoms with Crippen molar-refractivity contribution < 1.29 is 17.9 Å². The minimum atomic E-state index is -4.37. The summed E-state index contributed by atoms with van der Waals surface area (Å²) < 4.78 is 42.0. The molecular weight excluding hydrogens is 209 g/mol. The molecule has 0 saturated carbocycles. The van der Waals surface area contributed by atoms with Crippen molar-refractivity contribution in [3.63, 3.8) is 0 Å². The van der Waals surface area contributed by atoms with Crippen LogP contribution in [0.4, 0.5) is 18.9 Å². The molecule has 6 heteroatoms. The first-order valence-electron chi connectivity index (χ1n) is 4.14. The summed E-state index contributed by atoms with van der Waals surface area (Å²) in [6, 6.07) is 3.11. The van der Waals surface area contributed by atoms with Crippen molar-refractivity contribution in [2.45, 2.75) is 6.18 Å². The second-order valence-electron chi connectivity index (χ2n) is 3.07. The number of amidine groups is 1. The molecule has 3 nitrogen and oxygen atoms in total. The van der Waals surface area contributed by atoms with E-state index in [9.17, 15) is 13.2 Å². The first kappa shape index (κ1) is 9.82. The fraction of sp³-hybridized carbons (Fsp3) is 0.222. The summed E-state index contributed by atoms with van der Waals surface area (Å²) in [5, 5.41) is 0. The Bertz CT molecular complexity index is 426. The summed E-state index contributed by atoms with van der Waals surface area (Å²) in [5.74, 6) is 0.362. The van der Waals surface area contributed by atoms with Crippen LogP contribution >= 0.6 is 0 Å². The Labute approximate surface area is 83.4 Å². The zero-order valence-electron chi connectivity index (χ0n) is 7.51. The van der Waals surface area contributed by atoms with Crippen LogP contribution in [0, 0.1) is 0 Å². The number of aliphatic imine (C=N–C) groups is 1. The van der Waals surface area contributed by atoms with Gasteiger partial charge in [-0.3, -0.25) is 0 Å². The summed E-state index contributed by atoms with van der Waals surface area (Å²) >= 11 is 0. The zero-order chi connectivity index (χ0) is 11.1. The maximum absolute atomic E-state index is 12.3. The van der Waals surface area contributed by atoms with Gasteiger partial charge in [0.25, 0.3) is 0 Å². The standard InChI is InChI=1S/C9H7F3N2O/c10-9(11,12)5-1-2-6-7(3-5)15-4-8(13)14-6/h1-3H,4H2,(H2,13,14). The van der Waals surface area contributed by atoms with E-state index in [0.29, 0.717) is 5.69 Å². The molecule has 2 rings (SSSR count). The molecule has 0 radical (unpaired) electrons. The van der Waals surface area contributed by atoms with Gasteiger partial charge in [-0.25, -0.2) is 4.99 Å². The number of hydrogen-bond acceptors (Lipinski definition) is 3. The van der Waals surface area contributed by atoms with Crippen molar-refractivity contribution in [2.24, 2.45) is 10.7 Å². The molecule has 0 spiro atoms. The fourth-order valence-corrected chi connectivity index (χ4v) is 1.24. The summed E-state index contributed by atoms with van der Waals surface area (Å²) in [6.45, 7) is 0.0221. The molecule has 0 unspecified atom stereocenters. The number of alkyl halides is 3. The second kappa shape index (κ2) is 3.15. The second-order valence-corrected chi connectivity index (χ2v) is 3.07. The highest BCUT2D eigenvalue weighted by atomic mass is 19.4. The van der Waals surface area contributed by atoms with E-state index in [1.165, 1.54) is 6.07 Å². The molecular formula is C9H7F3N2O. The van der Waals surface area contributed by atoms with Crippen LogP contribution in [0.3, 0.4) is 0 Å². The number of rotatable bonds is 0. The van der Waals surface area contributed by atoms with Crippen LogP contribution in [0.25, 0.3) is 0 Å². The highest BCUT2D eigenvalue weighted by Crippen LogP contribution is 2.37. The molecule has 1 heterocycles. The van der Waals surface area contributed by atoms with Gasteiger partial charge in [0.05, 0.1) is 5.56 Å². The smallest absolute Gasteiger partial charge is 0.416 e. The number of fused-ring (bicyclic) bond motifs is 1. The van der Waals surface area contributed by atoms with Gasteiger partial charge in [-0.1, -0.05) is 0 Å². The van der Waals surface area contributed by atoms with Crippen LogP contribution < -0.4 is 10.5 Å². The third kappa shape index (κ3) is 1.88. The van der Waals surface area contributed by atoms with E-state index in [4.69, 9.17) is 10.5 Å². The molecule has 1 aromatic carbocycles. The highest BCUT2D eigenvalue weighted by Gasteiger charge is 2.31. The van der Waals surface area contributed by atoms with E-state index < -0.39 is 11.7 Å². The Morgan fingerprint density at radius 2 is 2.07 bits per heavy atom. The lowest BCUT2D eigenvalue weighted by atomic mass is 10.1. The lowest BCUT2D eigenvalue weighted by molar-refractivity contribution is -0.137. The summed E-state index contributed by atoms with van der Waals surface area (Å²) in [6.07, 6.45) is -4.37. The Morgan fingerprint density at radius 3 is 2.73 bits per heavy atom. The molecule has 0 aliphatic carbocycles. The van der Waals surface area contributed by atoms with Crippen LogP contribution in [0.2, 0.25) is 0 Å². The van der Waals surface area contributed by atoms with Gasteiger partial charge in [-0.15, -0.1) is 0 Å². The number of nitrogens with two attached hydrogens (primary N) is 1. The van der Waals surface area contributed by atoms with E-state index in [2.05, 4.69) is 4.99 Å². The van der Waals surface area contributed by atoms with E-state index in [1.54, 1.807) is 0 Å². The van der Waals surface area contributed by atoms with Crippen molar-refractivity contribution in [3.8, 4) is 5.75 Å². The molecule has 0 aromatic heterocycles. The normalized spacial score (nSPS) is 15.3. The molecule has 15 heavy (non-hydrogen) atoms. The van der Waals surface area contributed by atoms with Crippen LogP contribution in [-0.4, -0.2) is 12.4 Å². The molecule has 1 aliphatic heterocycles. The third-order valence-corrected chi connectivity index (χ3v) is 1.93. The van der Waals surface area contributed by atoms with Gasteiger partial charge in [0, 0.05) is 0 Å². The van der Waals surface area contributed by atoms with Gasteiger partial charge in [-0.2, -0.15) is 13.2 Å². The van der Waals surface area contributed by atoms with Crippen LogP contribution in [0.15, 0.2) is 23.2 Å². The number of ether oxygens (including phenoxy) is 1. The van der Waals surface area contributed by atoms with Gasteiger partial charge in [0.1, 0.15) is 23.9 Å². The highest BCUT2D eigenvalue weighted by molar-refractivity contribution is 5.87. The quantitative estimate of drug-likeness (QED) is 0.721. The van der Waals surface area contributed by atoms with Crippen LogP contribution in [0.5, 0.6) is 5.75 Å². The fourth-order valence-electron chi connectivity index (χ4n) is 1.24. The molecule has 80 valence electrons. The predicted octanol–water partition coefficient (Wildman–Crippen LogP) is 2.09. The minimum absolute atomic E-state index is 0.0221. The van der Waals surface area contributed by atoms with Crippen LogP contribution in [0.1, 0.15) is 5.56 Å². The van der Waals surface area contributed by atoms with E-state index in [-0.39, 0.29) is 18.2 Å². The van der Waals surface area contributed by atoms with Gasteiger partial charge >= 0.3 is 6.18 Å². The molecule has 0 atom stereocenters. The Balaban J connectivity index is 2.45. The van der Waals surface area contributed by atoms with Gasteiger partial charge in [0.2, 0.25) is 0 Å². The largest absolute Gasteiger partial charge is 0.483 e. The van der Waals surface area contributed by atoms with Crippen molar-refractivity contribution in [1.82, 2.24) is 0 Å². The number of halogens is 3. The van der Waals surface area contributed by atoms with Gasteiger partial charge in [0.15, 0.2) is 0 Å². The monoisotopic (exact) mass is 216 g/mol. The van der Waals surface area contributed by atoms with E-state index >= 15 is 0 Å². The van der Waals surface area contributed by atoms with Gasteiger partial charge < -0.3 is 10.5 Å². The lowest BCUT2D eigenvalue weighted by Crippen LogP contribution is -2.23. The zero-order valence-corrected chi connectivity index (χ0v) is 7.51. The first-order chi connectivity index (χ1) is 6.97. The number of hydrogen-bond donors (Lipinski definition) is 1. The van der Waals surface area contributed by atoms with E-state index in [1.807, 2.05) is 0 Å². The molecule has 0 amide bonds. The summed E-state index contributed by atoms with van der Waals surface area (Å²) in [4.78, 5) is 3.87. The van der Waals surface area contributed by atoms with Crippen molar-refractivity contribution in [3.05, 3.63) is 23.8 Å². The molecule has 0 saturated heterocycles. The Morgan fingerprint density at radius 1 is 1.33 bits per heavy atom. The van der Waals surface area contributed by atoms with E-state index in [0.717, 1.165) is 12.1 Å². The Hall–Kier alpha value is -1.72. The molecule has 0 fully saturated rings. The Kier molecular flexibility index (Phi) is 2.06. The predicted molar refractivity (Wildman–Crippen MR) is 48.2 cm³/mol. The maximum Gasteiger partial charge on any atom is 0.416 e. The first-order valence-corrected chi connectivity index (χ1v) is 4.14. The van der Waals surface area contributed by atoms with Crippen molar-refractivity contribution in [1.29, 1.82) is 0 Å². The summed E-state index contributed by atoms with van der Waals surface area (Å²) in [5.41, 5.74) is 4.95. The average molecular weight is 216 g/mol. The van der Waals surface area contributed by atoms with Crippen LogP contribution in [-0.2, 0) is 6.18 Å². The van der Waals surface area contributed by atoms with Gasteiger partial charge in [-0.05, 0) is 18.2 Å². The number of benzene rings is 1. The number of nitrogens with zero attached hydrogens (tertiary/aromatic N) is 1. The minimum Gasteiger partial charge on any atom is -0.483 e. The molecule has 2 N–H and O–H groups in total. The lowest BCUT2D eigenvalue weighted by Gasteiger charge is -2.16. The van der Waals surface area contributed by atoms with Crippen molar-refractivity contribution in [2.75, 3.05) is 6.61 Å². The topological polar surface area (TPSA) is 47.6 Å². The summed E-state index contributed by atoms with van der Waals surface area (Å²) in [7, 11) is 0. The SMILES string of the molecule is NC1=Nc2ccc(C(F)(F)F)cc2OC1. The third-order valence-electron chi connectivity index (χ3n) is 1.93. The maximum atomic E-state index is 12.3. The molecule has 1 aromatic rings. The molecule has 1 aliphatic rings. The van der Waals surface area contributed by atoms with Crippen molar-refractivity contribution >= 4 is 11.5 Å².